The molecule has 134 valence electrons. The van der Waals surface area contributed by atoms with Crippen LogP contribution in [0.3, 0.4) is 0 Å². The number of carbonyl (C=O) groups is 2. The van der Waals surface area contributed by atoms with Crippen molar-refractivity contribution >= 4 is 18.1 Å². The van der Waals surface area contributed by atoms with Gasteiger partial charge < -0.3 is 15.7 Å². The van der Waals surface area contributed by atoms with E-state index >= 15 is 0 Å². The molecule has 2 rings (SSSR count). The fourth-order valence-electron chi connectivity index (χ4n) is 3.35. The number of hydrogen-bond donors (Lipinski definition) is 2. The van der Waals surface area contributed by atoms with Crippen molar-refractivity contribution in [3.63, 3.8) is 0 Å². The molecule has 2 atom stereocenters. The molecule has 1 aliphatic rings. The minimum Gasteiger partial charge on any atom is -0.481 e. The van der Waals surface area contributed by atoms with Crippen molar-refractivity contribution in [1.82, 2.24) is 4.90 Å². The van der Waals surface area contributed by atoms with Crippen LogP contribution in [0.4, 0.5) is 0 Å². The predicted molar refractivity (Wildman–Crippen MR) is 97.9 cm³/mol. The molecule has 1 aliphatic heterocycles. The summed E-state index contributed by atoms with van der Waals surface area (Å²) in [6.45, 7) is 6.31. The largest absolute Gasteiger partial charge is 0.481 e. The number of benzene rings is 1. The van der Waals surface area contributed by atoms with E-state index in [9.17, 15) is 14.7 Å². The van der Waals surface area contributed by atoms with Crippen LogP contribution in [0.2, 0.25) is 0 Å². The molecule has 6 nitrogen and oxygen atoms in total. The van der Waals surface area contributed by atoms with Gasteiger partial charge in [0.1, 0.15) is 5.92 Å². The molecular formula is C19H25N3O3. The van der Waals surface area contributed by atoms with E-state index in [0.717, 1.165) is 5.56 Å². The molecule has 0 aliphatic carbocycles. The van der Waals surface area contributed by atoms with Gasteiger partial charge in [-0.1, -0.05) is 31.5 Å². The predicted octanol–water partition coefficient (Wildman–Crippen LogP) is 2.19. The number of carbonyl (C=O) groups excluding carboxylic acids is 1. The summed E-state index contributed by atoms with van der Waals surface area (Å²) < 4.78 is 0. The highest BCUT2D eigenvalue weighted by atomic mass is 16.4. The van der Waals surface area contributed by atoms with E-state index in [0.29, 0.717) is 23.2 Å². The molecule has 0 bridgehead atoms. The first-order valence-corrected chi connectivity index (χ1v) is 8.30. The van der Waals surface area contributed by atoms with Crippen molar-refractivity contribution in [2.45, 2.75) is 32.7 Å². The third-order valence-corrected chi connectivity index (χ3v) is 4.33. The van der Waals surface area contributed by atoms with Gasteiger partial charge in [-0.25, -0.2) is 0 Å². The Bertz CT molecular complexity index is 737. The van der Waals surface area contributed by atoms with Crippen LogP contribution >= 0.6 is 0 Å². The van der Waals surface area contributed by atoms with Crippen molar-refractivity contribution in [3.8, 4) is 0 Å². The summed E-state index contributed by atoms with van der Waals surface area (Å²) in [6.07, 6.45) is 2.87. The highest BCUT2D eigenvalue weighted by molar-refractivity contribution is 6.02. The van der Waals surface area contributed by atoms with Crippen LogP contribution in [0.5, 0.6) is 0 Å². The molecule has 25 heavy (non-hydrogen) atoms. The van der Waals surface area contributed by atoms with Gasteiger partial charge in [-0.15, -0.1) is 0 Å². The first-order valence-electron chi connectivity index (χ1n) is 8.30. The molecule has 1 amide bonds. The lowest BCUT2D eigenvalue weighted by molar-refractivity contribution is -0.140. The number of rotatable bonds is 5. The number of carboxylic acid groups (broad SMARTS) is 1. The standard InChI is InChI=1S/C19H25N3O3/c1-11(2)10-22-17(13(8-20)9-21-4)16(19(24)25)14-6-5-12(3)7-15(14)18(22)23/h5-9,11,16-17H,10,20H2,1-4H3,(H,24,25). The Morgan fingerprint density at radius 2 is 2.12 bits per heavy atom. The van der Waals surface area contributed by atoms with Gasteiger partial charge >= 0.3 is 5.97 Å². The number of carboxylic acids is 1. The van der Waals surface area contributed by atoms with Crippen LogP contribution in [-0.4, -0.2) is 47.7 Å². The monoisotopic (exact) mass is 343 g/mol. The topological polar surface area (TPSA) is 96.0 Å². The Morgan fingerprint density at radius 1 is 1.44 bits per heavy atom. The van der Waals surface area contributed by atoms with E-state index in [1.807, 2.05) is 26.8 Å². The maximum Gasteiger partial charge on any atom is 0.313 e. The average molecular weight is 343 g/mol. The third-order valence-electron chi connectivity index (χ3n) is 4.33. The van der Waals surface area contributed by atoms with Gasteiger partial charge in [0.05, 0.1) is 6.04 Å². The fourth-order valence-corrected chi connectivity index (χ4v) is 3.35. The zero-order chi connectivity index (χ0) is 18.7. The molecular weight excluding hydrogens is 318 g/mol. The normalized spacial score (nSPS) is 21.1. The number of amides is 1. The zero-order valence-corrected chi connectivity index (χ0v) is 15.1. The summed E-state index contributed by atoms with van der Waals surface area (Å²) in [4.78, 5) is 30.8. The van der Waals surface area contributed by atoms with Gasteiger partial charge in [-0.2, -0.15) is 0 Å². The molecule has 6 heteroatoms. The molecule has 1 aromatic carbocycles. The van der Waals surface area contributed by atoms with Crippen LogP contribution in [0.15, 0.2) is 35.0 Å². The van der Waals surface area contributed by atoms with E-state index in [2.05, 4.69) is 4.99 Å². The molecule has 0 fully saturated rings. The number of nitrogens with two attached hydrogens (primary N) is 1. The second kappa shape index (κ2) is 7.51. The summed E-state index contributed by atoms with van der Waals surface area (Å²) in [7, 11) is 1.59. The average Bonchev–Trinajstić information content (AvgIpc) is 2.54. The van der Waals surface area contributed by atoms with Gasteiger partial charge in [0.15, 0.2) is 0 Å². The highest BCUT2D eigenvalue weighted by Gasteiger charge is 2.45. The molecule has 0 saturated heterocycles. The van der Waals surface area contributed by atoms with Crippen molar-refractivity contribution in [1.29, 1.82) is 0 Å². The van der Waals surface area contributed by atoms with Gasteiger partial charge in [0, 0.05) is 37.1 Å². The van der Waals surface area contributed by atoms with Crippen molar-refractivity contribution in [2.75, 3.05) is 13.6 Å². The first-order chi connectivity index (χ1) is 11.8. The van der Waals surface area contributed by atoms with Crippen LogP contribution in [0.1, 0.15) is 41.3 Å². The number of aliphatic imine (C=N–C) groups is 1. The van der Waals surface area contributed by atoms with E-state index in [1.165, 1.54) is 12.4 Å². The van der Waals surface area contributed by atoms with E-state index < -0.39 is 17.9 Å². The summed E-state index contributed by atoms with van der Waals surface area (Å²) in [5.41, 5.74) is 8.17. The third kappa shape index (κ3) is 3.57. The SMILES string of the molecule is CN=CC(=CN)C1C(C(=O)O)c2ccc(C)cc2C(=O)N1CC(C)C. The number of aryl methyl sites for hydroxylation is 1. The summed E-state index contributed by atoms with van der Waals surface area (Å²) in [5.74, 6) is -1.86. The molecule has 1 heterocycles. The summed E-state index contributed by atoms with van der Waals surface area (Å²) >= 11 is 0. The number of fused-ring (bicyclic) bond motifs is 1. The Labute approximate surface area is 148 Å². The van der Waals surface area contributed by atoms with Gasteiger partial charge in [-0.3, -0.25) is 14.6 Å². The lowest BCUT2D eigenvalue weighted by atomic mass is 9.79. The Kier molecular flexibility index (Phi) is 5.62. The maximum atomic E-state index is 13.1. The molecule has 0 aromatic heterocycles. The van der Waals surface area contributed by atoms with Crippen molar-refractivity contribution in [3.05, 3.63) is 46.7 Å². The van der Waals surface area contributed by atoms with Crippen LogP contribution < -0.4 is 5.73 Å². The lowest BCUT2D eigenvalue weighted by Crippen LogP contribution is -2.52. The van der Waals surface area contributed by atoms with Crippen molar-refractivity contribution in [2.24, 2.45) is 16.6 Å². The fraction of sp³-hybridized carbons (Fsp3) is 0.421. The molecule has 0 radical (unpaired) electrons. The lowest BCUT2D eigenvalue weighted by Gasteiger charge is -2.41. The van der Waals surface area contributed by atoms with Crippen LogP contribution in [0, 0.1) is 12.8 Å². The smallest absolute Gasteiger partial charge is 0.313 e. The van der Waals surface area contributed by atoms with Crippen molar-refractivity contribution < 1.29 is 14.7 Å². The zero-order valence-electron chi connectivity index (χ0n) is 15.1. The van der Waals surface area contributed by atoms with Crippen LogP contribution in [-0.2, 0) is 4.79 Å². The Balaban J connectivity index is 2.72. The number of nitrogens with zero attached hydrogens (tertiary/aromatic N) is 2. The number of hydrogen-bond acceptors (Lipinski definition) is 4. The molecule has 0 spiro atoms. The molecule has 3 N–H and O–H groups in total. The van der Waals surface area contributed by atoms with E-state index in [4.69, 9.17) is 5.73 Å². The van der Waals surface area contributed by atoms with Crippen LogP contribution in [0.25, 0.3) is 0 Å². The minimum atomic E-state index is -0.986. The quantitative estimate of drug-likeness (QED) is 0.801. The van der Waals surface area contributed by atoms with Gasteiger partial charge in [0.25, 0.3) is 5.91 Å². The highest BCUT2D eigenvalue weighted by Crippen LogP contribution is 2.37. The first kappa shape index (κ1) is 18.7. The molecule has 0 saturated carbocycles. The second-order valence-electron chi connectivity index (χ2n) is 6.76. The maximum absolute atomic E-state index is 13.1. The summed E-state index contributed by atoms with van der Waals surface area (Å²) in [5, 5.41) is 9.93. The second-order valence-corrected chi connectivity index (χ2v) is 6.76. The molecule has 1 aromatic rings. The Morgan fingerprint density at radius 3 is 2.64 bits per heavy atom. The number of aliphatic carboxylic acids is 1. The van der Waals surface area contributed by atoms with Gasteiger partial charge in [0.2, 0.25) is 0 Å². The summed E-state index contributed by atoms with van der Waals surface area (Å²) in [6, 6.07) is 4.64. The molecule has 2 unspecified atom stereocenters. The van der Waals surface area contributed by atoms with E-state index in [1.54, 1.807) is 24.1 Å². The van der Waals surface area contributed by atoms with E-state index in [-0.39, 0.29) is 11.8 Å². The minimum absolute atomic E-state index is 0.168. The van der Waals surface area contributed by atoms with Gasteiger partial charge in [-0.05, 0) is 24.5 Å². The Hall–Kier alpha value is -2.63.